The second-order valence-corrected chi connectivity index (χ2v) is 5.54. The Hall–Kier alpha value is -0.660. The van der Waals surface area contributed by atoms with Gasteiger partial charge >= 0.3 is 0 Å². The van der Waals surface area contributed by atoms with Gasteiger partial charge in [0.05, 0.1) is 5.92 Å². The first-order valence-electron chi connectivity index (χ1n) is 8.22. The minimum Gasteiger partial charge on any atom is -0.299 e. The van der Waals surface area contributed by atoms with Crippen LogP contribution in [-0.2, 0) is 9.59 Å². The van der Waals surface area contributed by atoms with E-state index in [-0.39, 0.29) is 17.5 Å². The van der Waals surface area contributed by atoms with Gasteiger partial charge in [-0.15, -0.1) is 0 Å². The molecule has 0 radical (unpaired) electrons. The van der Waals surface area contributed by atoms with Crippen LogP contribution in [-0.4, -0.2) is 11.6 Å². The maximum atomic E-state index is 12.2. The number of Topliss-reactive ketones (excluding diaryl/α,β-unsaturated/α-hetero) is 2. The van der Waals surface area contributed by atoms with Crippen molar-refractivity contribution in [2.45, 2.75) is 91.4 Å². The Morgan fingerprint density at radius 3 is 1.47 bits per heavy atom. The van der Waals surface area contributed by atoms with Gasteiger partial charge in [0.15, 0.2) is 0 Å². The van der Waals surface area contributed by atoms with Crippen LogP contribution in [0.5, 0.6) is 0 Å². The highest BCUT2D eigenvalue weighted by Crippen LogP contribution is 2.18. The van der Waals surface area contributed by atoms with Crippen LogP contribution < -0.4 is 0 Å². The quantitative estimate of drug-likeness (QED) is 0.344. The van der Waals surface area contributed by atoms with E-state index in [2.05, 4.69) is 20.8 Å². The van der Waals surface area contributed by atoms with Gasteiger partial charge in [0.25, 0.3) is 0 Å². The summed E-state index contributed by atoms with van der Waals surface area (Å²) in [6, 6.07) is 0. The number of hydrogen-bond donors (Lipinski definition) is 0. The average Bonchev–Trinajstić information content (AvgIpc) is 2.40. The molecule has 0 heterocycles. The SMILES string of the molecule is CCCCCC(=O)C(CCCC)C(=O)CCCCC. The molecule has 0 aromatic heterocycles. The Morgan fingerprint density at radius 1 is 0.684 bits per heavy atom. The van der Waals surface area contributed by atoms with E-state index in [9.17, 15) is 9.59 Å². The number of ketones is 2. The molecule has 0 aliphatic carbocycles. The van der Waals surface area contributed by atoms with Gasteiger partial charge in [-0.25, -0.2) is 0 Å². The van der Waals surface area contributed by atoms with E-state index >= 15 is 0 Å². The molecule has 0 unspecified atom stereocenters. The molecule has 19 heavy (non-hydrogen) atoms. The smallest absolute Gasteiger partial charge is 0.143 e. The molecule has 0 aliphatic heterocycles. The van der Waals surface area contributed by atoms with Gasteiger partial charge in [-0.05, 0) is 19.3 Å². The molecule has 0 aromatic rings. The van der Waals surface area contributed by atoms with Crippen molar-refractivity contribution in [3.8, 4) is 0 Å². The molecule has 0 aliphatic rings. The minimum atomic E-state index is -0.298. The number of unbranched alkanes of at least 4 members (excludes halogenated alkanes) is 5. The number of rotatable bonds is 13. The number of hydrogen-bond acceptors (Lipinski definition) is 2. The molecule has 0 saturated heterocycles. The molecule has 0 amide bonds. The zero-order valence-corrected chi connectivity index (χ0v) is 13.2. The first-order valence-corrected chi connectivity index (χ1v) is 8.22. The van der Waals surface area contributed by atoms with Gasteiger partial charge in [-0.1, -0.05) is 59.3 Å². The zero-order chi connectivity index (χ0) is 14.5. The fraction of sp³-hybridized carbons (Fsp3) is 0.882. The lowest BCUT2D eigenvalue weighted by Crippen LogP contribution is -2.24. The monoisotopic (exact) mass is 268 g/mol. The Labute approximate surface area is 119 Å². The van der Waals surface area contributed by atoms with E-state index < -0.39 is 0 Å². The van der Waals surface area contributed by atoms with E-state index in [1.807, 2.05) is 0 Å². The van der Waals surface area contributed by atoms with Gasteiger partial charge < -0.3 is 0 Å². The van der Waals surface area contributed by atoms with Crippen LogP contribution in [0.15, 0.2) is 0 Å². The molecule has 0 aromatic carbocycles. The van der Waals surface area contributed by atoms with Crippen LogP contribution in [0.4, 0.5) is 0 Å². The van der Waals surface area contributed by atoms with Gasteiger partial charge in [0.2, 0.25) is 0 Å². The summed E-state index contributed by atoms with van der Waals surface area (Å²) in [6.45, 7) is 6.38. The third-order valence-electron chi connectivity index (χ3n) is 3.68. The van der Waals surface area contributed by atoms with Crippen LogP contribution in [0.3, 0.4) is 0 Å². The predicted octanol–water partition coefficient (Wildman–Crippen LogP) is 5.09. The van der Waals surface area contributed by atoms with Crippen molar-refractivity contribution in [3.63, 3.8) is 0 Å². The molecule has 0 atom stereocenters. The van der Waals surface area contributed by atoms with E-state index in [1.54, 1.807) is 0 Å². The minimum absolute atomic E-state index is 0.198. The largest absolute Gasteiger partial charge is 0.299 e. The maximum absolute atomic E-state index is 12.2. The Balaban J connectivity index is 4.25. The van der Waals surface area contributed by atoms with Crippen molar-refractivity contribution in [3.05, 3.63) is 0 Å². The molecule has 0 fully saturated rings. The van der Waals surface area contributed by atoms with E-state index in [4.69, 9.17) is 0 Å². The summed E-state index contributed by atoms with van der Waals surface area (Å²) < 4.78 is 0. The predicted molar refractivity (Wildman–Crippen MR) is 81.3 cm³/mol. The summed E-state index contributed by atoms with van der Waals surface area (Å²) in [6.07, 6.45) is 10.3. The highest BCUT2D eigenvalue weighted by atomic mass is 16.1. The molecule has 0 rings (SSSR count). The molecule has 0 N–H and O–H groups in total. The Morgan fingerprint density at radius 2 is 1.11 bits per heavy atom. The third kappa shape index (κ3) is 8.96. The van der Waals surface area contributed by atoms with Crippen molar-refractivity contribution < 1.29 is 9.59 Å². The van der Waals surface area contributed by atoms with Crippen LogP contribution in [0, 0.1) is 5.92 Å². The molecular formula is C17H32O2. The lowest BCUT2D eigenvalue weighted by atomic mass is 9.88. The fourth-order valence-electron chi connectivity index (χ4n) is 2.36. The molecule has 112 valence electrons. The van der Waals surface area contributed by atoms with Crippen molar-refractivity contribution in [1.82, 2.24) is 0 Å². The first kappa shape index (κ1) is 18.3. The molecule has 2 nitrogen and oxygen atoms in total. The summed E-state index contributed by atoms with van der Waals surface area (Å²) in [7, 11) is 0. The highest BCUT2D eigenvalue weighted by molar-refractivity contribution is 6.02. The number of carbonyl (C=O) groups excluding carboxylic acids is 2. The van der Waals surface area contributed by atoms with E-state index in [1.165, 1.54) is 0 Å². The second-order valence-electron chi connectivity index (χ2n) is 5.54. The molecule has 0 bridgehead atoms. The van der Waals surface area contributed by atoms with E-state index in [0.717, 1.165) is 57.8 Å². The van der Waals surface area contributed by atoms with Gasteiger partial charge in [-0.3, -0.25) is 9.59 Å². The summed E-state index contributed by atoms with van der Waals surface area (Å²) in [4.78, 5) is 24.4. The highest BCUT2D eigenvalue weighted by Gasteiger charge is 2.24. The summed E-state index contributed by atoms with van der Waals surface area (Å²) in [5.41, 5.74) is 0. The van der Waals surface area contributed by atoms with Crippen LogP contribution in [0.2, 0.25) is 0 Å². The summed E-state index contributed by atoms with van der Waals surface area (Å²) >= 11 is 0. The normalized spacial score (nSPS) is 10.9. The van der Waals surface area contributed by atoms with Gasteiger partial charge in [0.1, 0.15) is 11.6 Å². The van der Waals surface area contributed by atoms with Crippen LogP contribution >= 0.6 is 0 Å². The lowest BCUT2D eigenvalue weighted by Gasteiger charge is -2.14. The van der Waals surface area contributed by atoms with Crippen molar-refractivity contribution >= 4 is 11.6 Å². The maximum Gasteiger partial charge on any atom is 0.143 e. The Kier molecular flexibility index (Phi) is 11.9. The van der Waals surface area contributed by atoms with E-state index in [0.29, 0.717) is 12.8 Å². The molecule has 2 heteroatoms. The third-order valence-corrected chi connectivity index (χ3v) is 3.68. The number of carbonyl (C=O) groups is 2. The summed E-state index contributed by atoms with van der Waals surface area (Å²) in [5, 5.41) is 0. The fourth-order valence-corrected chi connectivity index (χ4v) is 2.36. The van der Waals surface area contributed by atoms with Gasteiger partial charge in [0, 0.05) is 12.8 Å². The zero-order valence-electron chi connectivity index (χ0n) is 13.2. The molecular weight excluding hydrogens is 236 g/mol. The summed E-state index contributed by atoms with van der Waals surface area (Å²) in [5.74, 6) is 0.0976. The van der Waals surface area contributed by atoms with Crippen molar-refractivity contribution in [1.29, 1.82) is 0 Å². The second kappa shape index (κ2) is 12.4. The lowest BCUT2D eigenvalue weighted by molar-refractivity contribution is -0.133. The standard InChI is InChI=1S/C17H32O2/c1-4-7-10-13-16(18)15(12-9-6-3)17(19)14-11-8-5-2/h15H,4-14H2,1-3H3. The van der Waals surface area contributed by atoms with Crippen LogP contribution in [0.25, 0.3) is 0 Å². The topological polar surface area (TPSA) is 34.1 Å². The average molecular weight is 268 g/mol. The van der Waals surface area contributed by atoms with Crippen LogP contribution in [0.1, 0.15) is 91.4 Å². The van der Waals surface area contributed by atoms with Crippen molar-refractivity contribution in [2.75, 3.05) is 0 Å². The van der Waals surface area contributed by atoms with Crippen molar-refractivity contribution in [2.24, 2.45) is 5.92 Å². The molecule has 0 spiro atoms. The molecule has 0 saturated carbocycles. The van der Waals surface area contributed by atoms with Gasteiger partial charge in [-0.2, -0.15) is 0 Å². The first-order chi connectivity index (χ1) is 9.17. The Bertz CT molecular complexity index is 224.